The Balaban J connectivity index is 2.59. The van der Waals surface area contributed by atoms with Crippen LogP contribution in [-0.4, -0.2) is 37.7 Å². The van der Waals surface area contributed by atoms with Gasteiger partial charge in [-0.15, -0.1) is 11.3 Å². The third-order valence-corrected chi connectivity index (χ3v) is 5.09. The molecule has 0 aromatic carbocycles. The first kappa shape index (κ1) is 16.1. The zero-order valence-electron chi connectivity index (χ0n) is 11.6. The quantitative estimate of drug-likeness (QED) is 0.832. The van der Waals surface area contributed by atoms with Crippen molar-refractivity contribution in [3.05, 3.63) is 20.3 Å². The largest absolute Gasteiger partial charge is 0.377 e. The maximum Gasteiger partial charge on any atom is 0.0597 e. The molecule has 0 radical (unpaired) electrons. The summed E-state index contributed by atoms with van der Waals surface area (Å²) in [5.74, 6) is 0. The topological polar surface area (TPSA) is 38.5 Å². The fourth-order valence-electron chi connectivity index (χ4n) is 1.75. The fourth-order valence-corrected chi connectivity index (χ4v) is 3.49. The van der Waals surface area contributed by atoms with Gasteiger partial charge in [-0.2, -0.15) is 0 Å². The number of aryl methyl sites for hydroxylation is 1. The van der Waals surface area contributed by atoms with Crippen LogP contribution in [0, 0.1) is 6.92 Å². The van der Waals surface area contributed by atoms with Crippen LogP contribution < -0.4 is 5.73 Å². The number of thiophene rings is 1. The van der Waals surface area contributed by atoms with Crippen molar-refractivity contribution in [3.63, 3.8) is 0 Å². The molecule has 5 heteroatoms. The molecule has 1 aromatic rings. The van der Waals surface area contributed by atoms with Crippen molar-refractivity contribution in [2.75, 3.05) is 26.7 Å². The van der Waals surface area contributed by atoms with Gasteiger partial charge in [0.2, 0.25) is 0 Å². The molecule has 0 fully saturated rings. The minimum absolute atomic E-state index is 0.274. The monoisotopic (exact) mass is 334 g/mol. The SMILES string of the molecule is Cc1sc(C(CN)N(C)CCOC(C)C)cc1Br. The van der Waals surface area contributed by atoms with Crippen LogP contribution in [0.1, 0.15) is 29.6 Å². The zero-order chi connectivity index (χ0) is 13.7. The summed E-state index contributed by atoms with van der Waals surface area (Å²) in [5.41, 5.74) is 5.91. The minimum atomic E-state index is 0.274. The Labute approximate surface area is 122 Å². The molecule has 0 amide bonds. The van der Waals surface area contributed by atoms with Crippen molar-refractivity contribution >= 4 is 27.3 Å². The van der Waals surface area contributed by atoms with Gasteiger partial charge in [-0.1, -0.05) is 0 Å². The molecule has 0 saturated heterocycles. The average Bonchev–Trinajstić information content (AvgIpc) is 2.59. The molecule has 2 N–H and O–H groups in total. The van der Waals surface area contributed by atoms with Crippen LogP contribution in [0.25, 0.3) is 0 Å². The molecule has 104 valence electrons. The number of hydrogen-bond donors (Lipinski definition) is 1. The Morgan fingerprint density at radius 3 is 2.61 bits per heavy atom. The van der Waals surface area contributed by atoms with Crippen LogP contribution in [0.4, 0.5) is 0 Å². The molecule has 1 unspecified atom stereocenters. The summed E-state index contributed by atoms with van der Waals surface area (Å²) in [5, 5.41) is 0. The van der Waals surface area contributed by atoms with E-state index in [-0.39, 0.29) is 12.1 Å². The highest BCUT2D eigenvalue weighted by Crippen LogP contribution is 2.32. The van der Waals surface area contributed by atoms with Gasteiger partial charge in [0, 0.05) is 27.3 Å². The lowest BCUT2D eigenvalue weighted by Gasteiger charge is -2.26. The highest BCUT2D eigenvalue weighted by atomic mass is 79.9. The summed E-state index contributed by atoms with van der Waals surface area (Å²) in [6.45, 7) is 8.50. The van der Waals surface area contributed by atoms with Gasteiger partial charge < -0.3 is 10.5 Å². The number of likely N-dealkylation sites (N-methyl/N-ethyl adjacent to an activating group) is 1. The normalized spacial score (nSPS) is 13.6. The van der Waals surface area contributed by atoms with Crippen molar-refractivity contribution in [1.82, 2.24) is 4.90 Å². The van der Waals surface area contributed by atoms with Gasteiger partial charge in [0.25, 0.3) is 0 Å². The Morgan fingerprint density at radius 2 is 2.17 bits per heavy atom. The van der Waals surface area contributed by atoms with Gasteiger partial charge in [-0.05, 0) is 49.8 Å². The van der Waals surface area contributed by atoms with E-state index in [1.54, 1.807) is 11.3 Å². The van der Waals surface area contributed by atoms with Gasteiger partial charge in [-0.3, -0.25) is 4.90 Å². The highest BCUT2D eigenvalue weighted by molar-refractivity contribution is 9.10. The van der Waals surface area contributed by atoms with E-state index in [0.29, 0.717) is 6.54 Å². The van der Waals surface area contributed by atoms with Gasteiger partial charge in [-0.25, -0.2) is 0 Å². The zero-order valence-corrected chi connectivity index (χ0v) is 14.0. The van der Waals surface area contributed by atoms with E-state index in [2.05, 4.69) is 54.7 Å². The first-order valence-corrected chi connectivity index (χ1v) is 7.84. The minimum Gasteiger partial charge on any atom is -0.377 e. The van der Waals surface area contributed by atoms with Crippen LogP contribution in [0.5, 0.6) is 0 Å². The maximum absolute atomic E-state index is 5.91. The number of halogens is 1. The second-order valence-electron chi connectivity index (χ2n) is 4.70. The first-order valence-electron chi connectivity index (χ1n) is 6.23. The molecule has 1 rings (SSSR count). The van der Waals surface area contributed by atoms with Gasteiger partial charge in [0.05, 0.1) is 18.8 Å². The molecule has 0 aliphatic heterocycles. The van der Waals surface area contributed by atoms with E-state index in [4.69, 9.17) is 10.5 Å². The Morgan fingerprint density at radius 1 is 1.50 bits per heavy atom. The molecule has 0 spiro atoms. The van der Waals surface area contributed by atoms with Gasteiger partial charge in [0.15, 0.2) is 0 Å². The molecule has 0 aliphatic rings. The second kappa shape index (κ2) is 7.60. The number of nitrogens with two attached hydrogens (primary N) is 1. The van der Waals surface area contributed by atoms with Crippen LogP contribution in [0.2, 0.25) is 0 Å². The van der Waals surface area contributed by atoms with E-state index >= 15 is 0 Å². The van der Waals surface area contributed by atoms with Gasteiger partial charge in [0.1, 0.15) is 0 Å². The molecular weight excluding hydrogens is 312 g/mol. The van der Waals surface area contributed by atoms with E-state index in [1.165, 1.54) is 14.2 Å². The predicted octanol–water partition coefficient (Wildman–Crippen LogP) is 3.18. The Kier molecular flexibility index (Phi) is 6.81. The predicted molar refractivity (Wildman–Crippen MR) is 82.3 cm³/mol. The summed E-state index contributed by atoms with van der Waals surface area (Å²) in [6.07, 6.45) is 0.285. The third kappa shape index (κ3) is 4.63. The van der Waals surface area contributed by atoms with Crippen molar-refractivity contribution in [2.45, 2.75) is 32.9 Å². The summed E-state index contributed by atoms with van der Waals surface area (Å²) in [7, 11) is 2.10. The number of rotatable bonds is 7. The van der Waals surface area contributed by atoms with E-state index in [9.17, 15) is 0 Å². The average molecular weight is 335 g/mol. The Hall–Kier alpha value is 0.0600. The van der Waals surface area contributed by atoms with E-state index < -0.39 is 0 Å². The fraction of sp³-hybridized carbons (Fsp3) is 0.692. The van der Waals surface area contributed by atoms with Crippen molar-refractivity contribution in [1.29, 1.82) is 0 Å². The standard InChI is InChI=1S/C13H23BrN2OS/c1-9(2)17-6-5-16(4)12(8-15)13-7-11(14)10(3)18-13/h7,9,12H,5-6,8,15H2,1-4H3. The van der Waals surface area contributed by atoms with Crippen molar-refractivity contribution in [2.24, 2.45) is 5.73 Å². The molecular formula is C13H23BrN2OS. The van der Waals surface area contributed by atoms with Crippen molar-refractivity contribution < 1.29 is 4.74 Å². The molecule has 0 aliphatic carbocycles. The molecule has 3 nitrogen and oxygen atoms in total. The molecule has 1 aromatic heterocycles. The number of nitrogens with zero attached hydrogens (tertiary/aromatic N) is 1. The smallest absolute Gasteiger partial charge is 0.0597 e. The molecule has 1 heterocycles. The molecule has 0 bridgehead atoms. The van der Waals surface area contributed by atoms with Crippen molar-refractivity contribution in [3.8, 4) is 0 Å². The number of hydrogen-bond acceptors (Lipinski definition) is 4. The summed E-state index contributed by atoms with van der Waals surface area (Å²) < 4.78 is 6.76. The number of ether oxygens (including phenoxy) is 1. The lowest BCUT2D eigenvalue weighted by molar-refractivity contribution is 0.0567. The van der Waals surface area contributed by atoms with Crippen LogP contribution in [-0.2, 0) is 4.74 Å². The lowest BCUT2D eigenvalue weighted by atomic mass is 10.2. The highest BCUT2D eigenvalue weighted by Gasteiger charge is 2.18. The molecule has 0 saturated carbocycles. The third-order valence-electron chi connectivity index (χ3n) is 2.86. The maximum atomic E-state index is 5.91. The van der Waals surface area contributed by atoms with Gasteiger partial charge >= 0.3 is 0 Å². The van der Waals surface area contributed by atoms with Crippen LogP contribution in [0.3, 0.4) is 0 Å². The first-order chi connectivity index (χ1) is 8.45. The molecule has 18 heavy (non-hydrogen) atoms. The summed E-state index contributed by atoms with van der Waals surface area (Å²) >= 11 is 5.37. The van der Waals surface area contributed by atoms with E-state index in [1.807, 2.05) is 0 Å². The second-order valence-corrected chi connectivity index (χ2v) is 6.85. The lowest BCUT2D eigenvalue weighted by Crippen LogP contribution is -2.33. The molecule has 1 atom stereocenters. The summed E-state index contributed by atoms with van der Waals surface area (Å²) in [6, 6.07) is 2.45. The van der Waals surface area contributed by atoms with Crippen LogP contribution >= 0.6 is 27.3 Å². The summed E-state index contributed by atoms with van der Waals surface area (Å²) in [4.78, 5) is 4.88. The van der Waals surface area contributed by atoms with Crippen LogP contribution in [0.15, 0.2) is 10.5 Å². The Bertz CT molecular complexity index is 348. The van der Waals surface area contributed by atoms with E-state index in [0.717, 1.165) is 13.2 Å².